The summed E-state index contributed by atoms with van der Waals surface area (Å²) in [5.41, 5.74) is 7.59. The largest absolute Gasteiger partial charge is 0.384 e. The summed E-state index contributed by atoms with van der Waals surface area (Å²) in [6.07, 6.45) is 3.23. The van der Waals surface area contributed by atoms with Crippen LogP contribution in [0.25, 0.3) is 5.65 Å². The molecule has 0 fully saturated rings. The summed E-state index contributed by atoms with van der Waals surface area (Å²) in [7, 11) is 1.85. The van der Waals surface area contributed by atoms with Crippen LogP contribution in [0.2, 0.25) is 0 Å². The summed E-state index contributed by atoms with van der Waals surface area (Å²) in [4.78, 5) is 5.96. The Morgan fingerprint density at radius 1 is 1.30 bits per heavy atom. The molecule has 3 aromatic rings. The van der Waals surface area contributed by atoms with Crippen LogP contribution in [0.4, 0.5) is 11.5 Å². The molecule has 8 nitrogen and oxygen atoms in total. The van der Waals surface area contributed by atoms with Gasteiger partial charge in [0.25, 0.3) is 0 Å². The van der Waals surface area contributed by atoms with Crippen molar-refractivity contribution < 1.29 is 0 Å². The highest BCUT2D eigenvalue weighted by Crippen LogP contribution is 2.25. The van der Waals surface area contributed by atoms with Crippen LogP contribution in [-0.4, -0.2) is 37.9 Å². The minimum Gasteiger partial charge on any atom is -0.384 e. The topological polar surface area (TPSA) is 109 Å². The first-order chi connectivity index (χ1) is 9.68. The monoisotopic (exact) mass is 268 g/mol. The molecule has 3 N–H and O–H groups in total. The van der Waals surface area contributed by atoms with E-state index in [-0.39, 0.29) is 5.84 Å². The van der Waals surface area contributed by atoms with Gasteiger partial charge in [-0.1, -0.05) is 12.1 Å². The van der Waals surface area contributed by atoms with Gasteiger partial charge in [0.05, 0.1) is 18.1 Å². The molecule has 0 amide bonds. The molecule has 0 aliphatic heterocycles. The fourth-order valence-electron chi connectivity index (χ4n) is 2.01. The molecule has 1 aromatic carbocycles. The van der Waals surface area contributed by atoms with Gasteiger partial charge in [-0.2, -0.15) is 4.52 Å². The molecule has 0 unspecified atom stereocenters. The van der Waals surface area contributed by atoms with Crippen molar-refractivity contribution in [1.29, 1.82) is 5.41 Å². The number of para-hydroxylation sites is 1. The third kappa shape index (κ3) is 1.83. The van der Waals surface area contributed by atoms with Crippen LogP contribution in [0.15, 0.2) is 36.7 Å². The maximum atomic E-state index is 7.65. The number of hydrogen-bond acceptors (Lipinski definition) is 6. The summed E-state index contributed by atoms with van der Waals surface area (Å²) >= 11 is 0. The third-order valence-electron chi connectivity index (χ3n) is 2.99. The first kappa shape index (κ1) is 12.0. The van der Waals surface area contributed by atoms with E-state index in [0.29, 0.717) is 17.0 Å². The van der Waals surface area contributed by atoms with Gasteiger partial charge in [0.15, 0.2) is 11.5 Å². The van der Waals surface area contributed by atoms with E-state index in [9.17, 15) is 0 Å². The lowest BCUT2D eigenvalue weighted by Crippen LogP contribution is -2.20. The van der Waals surface area contributed by atoms with Gasteiger partial charge in [0, 0.05) is 12.6 Å². The lowest BCUT2D eigenvalue weighted by molar-refractivity contribution is 0.813. The lowest BCUT2D eigenvalue weighted by Gasteiger charge is -2.21. The molecular weight excluding hydrogens is 256 g/mol. The van der Waals surface area contributed by atoms with E-state index >= 15 is 0 Å². The van der Waals surface area contributed by atoms with E-state index in [1.165, 1.54) is 0 Å². The van der Waals surface area contributed by atoms with Crippen molar-refractivity contribution in [3.05, 3.63) is 42.2 Å². The maximum Gasteiger partial charge on any atom is 0.199 e. The molecule has 100 valence electrons. The van der Waals surface area contributed by atoms with Crippen molar-refractivity contribution in [1.82, 2.24) is 25.0 Å². The molecule has 0 atom stereocenters. The second-order valence-corrected chi connectivity index (χ2v) is 4.20. The highest BCUT2D eigenvalue weighted by atomic mass is 15.5. The van der Waals surface area contributed by atoms with E-state index in [2.05, 4.69) is 20.5 Å². The van der Waals surface area contributed by atoms with E-state index < -0.39 is 0 Å². The molecule has 0 bridgehead atoms. The summed E-state index contributed by atoms with van der Waals surface area (Å²) in [5, 5.41) is 19.1. The first-order valence-electron chi connectivity index (χ1n) is 5.88. The summed E-state index contributed by atoms with van der Waals surface area (Å²) in [5.74, 6) is 0.686. The Morgan fingerprint density at radius 2 is 2.10 bits per heavy atom. The number of benzene rings is 1. The van der Waals surface area contributed by atoms with Crippen molar-refractivity contribution in [2.75, 3.05) is 11.9 Å². The average molecular weight is 268 g/mol. The van der Waals surface area contributed by atoms with Crippen molar-refractivity contribution in [3.8, 4) is 0 Å². The van der Waals surface area contributed by atoms with E-state index in [4.69, 9.17) is 11.1 Å². The minimum absolute atomic E-state index is 0.00398. The van der Waals surface area contributed by atoms with Gasteiger partial charge >= 0.3 is 0 Å². The van der Waals surface area contributed by atoms with Crippen molar-refractivity contribution in [2.45, 2.75) is 0 Å². The Bertz CT molecular complexity index is 778. The Labute approximate surface area is 114 Å². The van der Waals surface area contributed by atoms with Gasteiger partial charge in [-0.25, -0.2) is 0 Å². The molecule has 0 aliphatic rings. The summed E-state index contributed by atoms with van der Waals surface area (Å²) in [6, 6.07) is 7.39. The summed E-state index contributed by atoms with van der Waals surface area (Å²) < 4.78 is 1.57. The summed E-state index contributed by atoms with van der Waals surface area (Å²) in [6.45, 7) is 0. The SMILES string of the molecule is CN(c1ccccc1C(=N)N)c1cncc2nnnn12. The fraction of sp³-hybridized carbons (Fsp3) is 0.0833. The molecular formula is C12H12N8. The number of hydrogen-bond donors (Lipinski definition) is 2. The molecule has 0 saturated carbocycles. The average Bonchev–Trinajstić information content (AvgIpc) is 2.94. The normalized spacial score (nSPS) is 10.7. The molecule has 8 heteroatoms. The Balaban J connectivity index is 2.16. The Hall–Kier alpha value is -3.03. The molecule has 20 heavy (non-hydrogen) atoms. The van der Waals surface area contributed by atoms with Crippen LogP contribution in [0.5, 0.6) is 0 Å². The predicted octanol–water partition coefficient (Wildman–Crippen LogP) is 0.571. The Kier molecular flexibility index (Phi) is 2.75. The molecule has 0 radical (unpaired) electrons. The molecule has 3 rings (SSSR count). The van der Waals surface area contributed by atoms with E-state index in [0.717, 1.165) is 5.69 Å². The van der Waals surface area contributed by atoms with Crippen molar-refractivity contribution >= 4 is 23.0 Å². The Morgan fingerprint density at radius 3 is 2.90 bits per heavy atom. The minimum atomic E-state index is 0.00398. The number of nitrogens with one attached hydrogen (secondary N) is 1. The zero-order valence-corrected chi connectivity index (χ0v) is 10.7. The standard InChI is InChI=1S/C12H12N8/c1-19(9-5-3-2-4-8(9)12(13)14)11-7-15-6-10-16-17-18-20(10)11/h2-7H,1H3,(H3,13,14). The van der Waals surface area contributed by atoms with Crippen molar-refractivity contribution in [2.24, 2.45) is 5.73 Å². The lowest BCUT2D eigenvalue weighted by atomic mass is 10.1. The van der Waals surface area contributed by atoms with E-state index in [1.807, 2.05) is 30.1 Å². The zero-order chi connectivity index (χ0) is 14.1. The predicted molar refractivity (Wildman–Crippen MR) is 74.1 cm³/mol. The number of nitrogen functional groups attached to an aromatic ring is 1. The first-order valence-corrected chi connectivity index (χ1v) is 5.88. The second-order valence-electron chi connectivity index (χ2n) is 4.20. The van der Waals surface area contributed by atoms with Crippen LogP contribution in [0, 0.1) is 5.41 Å². The smallest absolute Gasteiger partial charge is 0.199 e. The zero-order valence-electron chi connectivity index (χ0n) is 10.7. The molecule has 0 aliphatic carbocycles. The number of tetrazole rings is 1. The molecule has 2 heterocycles. The van der Waals surface area contributed by atoms with Crippen LogP contribution in [-0.2, 0) is 0 Å². The van der Waals surface area contributed by atoms with Crippen LogP contribution in [0.3, 0.4) is 0 Å². The van der Waals surface area contributed by atoms with Crippen LogP contribution < -0.4 is 10.6 Å². The van der Waals surface area contributed by atoms with Crippen LogP contribution in [0.1, 0.15) is 5.56 Å². The maximum absolute atomic E-state index is 7.65. The van der Waals surface area contributed by atoms with Gasteiger partial charge in [0.2, 0.25) is 0 Å². The van der Waals surface area contributed by atoms with E-state index in [1.54, 1.807) is 23.0 Å². The van der Waals surface area contributed by atoms with Gasteiger partial charge in [-0.15, -0.1) is 5.10 Å². The number of amidine groups is 1. The number of fused-ring (bicyclic) bond motifs is 1. The quantitative estimate of drug-likeness (QED) is 0.531. The molecule has 0 spiro atoms. The number of aromatic nitrogens is 5. The molecule has 2 aromatic heterocycles. The van der Waals surface area contributed by atoms with Crippen molar-refractivity contribution in [3.63, 3.8) is 0 Å². The highest BCUT2D eigenvalue weighted by molar-refractivity contribution is 6.01. The van der Waals surface area contributed by atoms with Gasteiger partial charge in [-0.3, -0.25) is 10.4 Å². The van der Waals surface area contributed by atoms with Gasteiger partial charge in [0.1, 0.15) is 5.84 Å². The third-order valence-corrected chi connectivity index (χ3v) is 2.99. The number of anilines is 2. The number of nitrogens with two attached hydrogens (primary N) is 1. The molecule has 0 saturated heterocycles. The van der Waals surface area contributed by atoms with Gasteiger partial charge < -0.3 is 10.6 Å². The number of rotatable bonds is 3. The number of nitrogens with zero attached hydrogens (tertiary/aromatic N) is 6. The highest BCUT2D eigenvalue weighted by Gasteiger charge is 2.14. The van der Waals surface area contributed by atoms with Gasteiger partial charge in [-0.05, 0) is 22.6 Å². The second kappa shape index (κ2) is 4.57. The van der Waals surface area contributed by atoms with Crippen LogP contribution >= 0.6 is 0 Å². The fourth-order valence-corrected chi connectivity index (χ4v) is 2.01.